The first kappa shape index (κ1) is 7.47. The molecule has 1 aliphatic rings. The zero-order valence-corrected chi connectivity index (χ0v) is 7.59. The van der Waals surface area contributed by atoms with Crippen LogP contribution in [0.25, 0.3) is 6.08 Å². The normalized spacial score (nSPS) is 14.2. The molecule has 1 aromatic heterocycles. The Morgan fingerprint density at radius 2 is 2.42 bits per heavy atom. The molecule has 2 heterocycles. The standard InChI is InChI=1S/C10H14N2/c1-3-8-7-12(2)10-9(8)5-4-6-11-10/h4-5,7,11H,3,6H2,1-2H3. The summed E-state index contributed by atoms with van der Waals surface area (Å²) in [6.45, 7) is 3.14. The Balaban J connectivity index is 2.56. The van der Waals surface area contributed by atoms with Gasteiger partial charge in [0.1, 0.15) is 5.82 Å². The molecular formula is C10H14N2. The monoisotopic (exact) mass is 162 g/mol. The zero-order valence-electron chi connectivity index (χ0n) is 7.59. The molecule has 1 aliphatic heterocycles. The van der Waals surface area contributed by atoms with Crippen LogP contribution in [-0.2, 0) is 13.5 Å². The minimum atomic E-state index is 0.952. The molecule has 0 aromatic carbocycles. The van der Waals surface area contributed by atoms with Crippen molar-refractivity contribution >= 4 is 11.9 Å². The van der Waals surface area contributed by atoms with Crippen LogP contribution in [0.2, 0.25) is 0 Å². The Labute approximate surface area is 72.9 Å². The molecule has 2 rings (SSSR count). The summed E-state index contributed by atoms with van der Waals surface area (Å²) in [6, 6.07) is 0. The predicted molar refractivity (Wildman–Crippen MR) is 52.3 cm³/mol. The van der Waals surface area contributed by atoms with Crippen LogP contribution in [0.5, 0.6) is 0 Å². The Hall–Kier alpha value is -1.18. The lowest BCUT2D eigenvalue weighted by molar-refractivity contribution is 0.917. The minimum absolute atomic E-state index is 0.952. The maximum absolute atomic E-state index is 3.36. The Morgan fingerprint density at radius 1 is 1.58 bits per heavy atom. The van der Waals surface area contributed by atoms with E-state index in [1.54, 1.807) is 0 Å². The minimum Gasteiger partial charge on any atom is -0.367 e. The van der Waals surface area contributed by atoms with Gasteiger partial charge in [0.2, 0.25) is 0 Å². The van der Waals surface area contributed by atoms with Crippen LogP contribution < -0.4 is 5.32 Å². The molecule has 64 valence electrons. The van der Waals surface area contributed by atoms with E-state index in [1.165, 1.54) is 16.9 Å². The number of rotatable bonds is 1. The van der Waals surface area contributed by atoms with E-state index >= 15 is 0 Å². The number of hydrogen-bond acceptors (Lipinski definition) is 1. The smallest absolute Gasteiger partial charge is 0.113 e. The van der Waals surface area contributed by atoms with Crippen molar-refractivity contribution in [1.29, 1.82) is 0 Å². The SMILES string of the molecule is CCc1cn(C)c2c1C=CCN2. The first-order valence-electron chi connectivity index (χ1n) is 4.41. The molecule has 0 radical (unpaired) electrons. The third kappa shape index (κ3) is 0.951. The van der Waals surface area contributed by atoms with Gasteiger partial charge in [0.05, 0.1) is 0 Å². The topological polar surface area (TPSA) is 17.0 Å². The first-order chi connectivity index (χ1) is 5.83. The molecule has 12 heavy (non-hydrogen) atoms. The zero-order chi connectivity index (χ0) is 8.55. The molecule has 0 fully saturated rings. The average Bonchev–Trinajstić information content (AvgIpc) is 2.44. The van der Waals surface area contributed by atoms with Gasteiger partial charge >= 0.3 is 0 Å². The summed E-state index contributed by atoms with van der Waals surface area (Å²) in [7, 11) is 2.09. The molecule has 0 saturated carbocycles. The summed E-state index contributed by atoms with van der Waals surface area (Å²) in [4.78, 5) is 0. The molecule has 0 spiro atoms. The lowest BCUT2D eigenvalue weighted by Gasteiger charge is -2.11. The van der Waals surface area contributed by atoms with Crippen molar-refractivity contribution in [2.45, 2.75) is 13.3 Å². The van der Waals surface area contributed by atoms with Crippen LogP contribution in [0.1, 0.15) is 18.1 Å². The van der Waals surface area contributed by atoms with Gasteiger partial charge in [-0.1, -0.05) is 19.1 Å². The molecule has 0 atom stereocenters. The van der Waals surface area contributed by atoms with Gasteiger partial charge < -0.3 is 9.88 Å². The lowest BCUT2D eigenvalue weighted by Crippen LogP contribution is -2.07. The third-order valence-corrected chi connectivity index (χ3v) is 2.36. The fraction of sp³-hybridized carbons (Fsp3) is 0.400. The quantitative estimate of drug-likeness (QED) is 0.668. The van der Waals surface area contributed by atoms with Crippen LogP contribution in [0.4, 0.5) is 5.82 Å². The van der Waals surface area contributed by atoms with E-state index in [1.807, 2.05) is 0 Å². The number of hydrogen-bond donors (Lipinski definition) is 1. The lowest BCUT2D eigenvalue weighted by atomic mass is 10.1. The second-order valence-electron chi connectivity index (χ2n) is 3.16. The van der Waals surface area contributed by atoms with E-state index in [2.05, 4.69) is 42.2 Å². The van der Waals surface area contributed by atoms with Crippen molar-refractivity contribution in [2.24, 2.45) is 7.05 Å². The maximum Gasteiger partial charge on any atom is 0.113 e. The second kappa shape index (κ2) is 2.70. The fourth-order valence-corrected chi connectivity index (χ4v) is 1.73. The Bertz CT molecular complexity index is 321. The van der Waals surface area contributed by atoms with Crippen molar-refractivity contribution in [1.82, 2.24) is 4.57 Å². The molecule has 0 bridgehead atoms. The molecule has 0 aliphatic carbocycles. The van der Waals surface area contributed by atoms with E-state index in [9.17, 15) is 0 Å². The van der Waals surface area contributed by atoms with Gasteiger partial charge in [0, 0.05) is 25.4 Å². The highest BCUT2D eigenvalue weighted by Crippen LogP contribution is 2.26. The number of aryl methyl sites for hydroxylation is 2. The van der Waals surface area contributed by atoms with Crippen LogP contribution in [0, 0.1) is 0 Å². The average molecular weight is 162 g/mol. The molecule has 0 saturated heterocycles. The van der Waals surface area contributed by atoms with Gasteiger partial charge in [0.15, 0.2) is 0 Å². The largest absolute Gasteiger partial charge is 0.367 e. The van der Waals surface area contributed by atoms with Crippen LogP contribution >= 0.6 is 0 Å². The molecule has 0 unspecified atom stereocenters. The molecule has 1 N–H and O–H groups in total. The van der Waals surface area contributed by atoms with Crippen LogP contribution in [0.3, 0.4) is 0 Å². The fourth-order valence-electron chi connectivity index (χ4n) is 1.73. The molecule has 0 amide bonds. The van der Waals surface area contributed by atoms with Gasteiger partial charge in [-0.2, -0.15) is 0 Å². The Morgan fingerprint density at radius 3 is 3.17 bits per heavy atom. The predicted octanol–water partition coefficient (Wildman–Crippen LogP) is 2.03. The second-order valence-corrected chi connectivity index (χ2v) is 3.16. The summed E-state index contributed by atoms with van der Waals surface area (Å²) in [5.41, 5.74) is 2.79. The third-order valence-electron chi connectivity index (χ3n) is 2.36. The first-order valence-corrected chi connectivity index (χ1v) is 4.41. The summed E-state index contributed by atoms with van der Waals surface area (Å²) in [5, 5.41) is 3.36. The summed E-state index contributed by atoms with van der Waals surface area (Å²) < 4.78 is 2.16. The molecule has 1 aromatic rings. The van der Waals surface area contributed by atoms with Gasteiger partial charge in [-0.05, 0) is 12.0 Å². The van der Waals surface area contributed by atoms with Crippen molar-refractivity contribution in [3.05, 3.63) is 23.4 Å². The van der Waals surface area contributed by atoms with E-state index in [-0.39, 0.29) is 0 Å². The highest BCUT2D eigenvalue weighted by molar-refractivity contribution is 5.70. The van der Waals surface area contributed by atoms with Gasteiger partial charge in [-0.25, -0.2) is 0 Å². The molecular weight excluding hydrogens is 148 g/mol. The van der Waals surface area contributed by atoms with Crippen LogP contribution in [0.15, 0.2) is 12.3 Å². The van der Waals surface area contributed by atoms with Gasteiger partial charge in [0.25, 0.3) is 0 Å². The number of fused-ring (bicyclic) bond motifs is 1. The number of nitrogens with zero attached hydrogens (tertiary/aromatic N) is 1. The summed E-state index contributed by atoms with van der Waals surface area (Å²) >= 11 is 0. The van der Waals surface area contributed by atoms with E-state index < -0.39 is 0 Å². The number of nitrogens with one attached hydrogen (secondary N) is 1. The molecule has 2 heteroatoms. The summed E-state index contributed by atoms with van der Waals surface area (Å²) in [6.07, 6.45) is 7.69. The highest BCUT2D eigenvalue weighted by atomic mass is 15.1. The molecule has 2 nitrogen and oxygen atoms in total. The van der Waals surface area contributed by atoms with Gasteiger partial charge in [-0.3, -0.25) is 0 Å². The maximum atomic E-state index is 3.36. The number of aromatic nitrogens is 1. The van der Waals surface area contributed by atoms with Crippen molar-refractivity contribution in [3.63, 3.8) is 0 Å². The van der Waals surface area contributed by atoms with Gasteiger partial charge in [-0.15, -0.1) is 0 Å². The summed E-state index contributed by atoms with van der Waals surface area (Å²) in [5.74, 6) is 1.26. The van der Waals surface area contributed by atoms with E-state index in [0.717, 1.165) is 13.0 Å². The Kier molecular flexibility index (Phi) is 1.68. The van der Waals surface area contributed by atoms with Crippen molar-refractivity contribution in [2.75, 3.05) is 11.9 Å². The van der Waals surface area contributed by atoms with E-state index in [4.69, 9.17) is 0 Å². The van der Waals surface area contributed by atoms with Crippen molar-refractivity contribution in [3.8, 4) is 0 Å². The van der Waals surface area contributed by atoms with Crippen LogP contribution in [-0.4, -0.2) is 11.1 Å². The number of anilines is 1. The van der Waals surface area contributed by atoms with Crippen molar-refractivity contribution < 1.29 is 0 Å². The van der Waals surface area contributed by atoms with E-state index in [0.29, 0.717) is 0 Å². The highest BCUT2D eigenvalue weighted by Gasteiger charge is 2.11.